The van der Waals surface area contributed by atoms with Crippen LogP contribution in [-0.2, 0) is 17.0 Å². The quantitative estimate of drug-likeness (QED) is 0.363. The molecule has 0 spiro atoms. The maximum Gasteiger partial charge on any atom is 0.433 e. The van der Waals surface area contributed by atoms with Gasteiger partial charge in [0, 0.05) is 35.4 Å². The highest BCUT2D eigenvalue weighted by Gasteiger charge is 2.34. The van der Waals surface area contributed by atoms with Gasteiger partial charge in [-0.2, -0.15) is 13.2 Å². The Bertz CT molecular complexity index is 581. The molecule has 1 saturated heterocycles. The SMILES string of the molecule is NC(=NO)c1ccc(C(F)(F)F)nc1N1CCS(=O)CC1. The molecule has 0 amide bonds. The summed E-state index contributed by atoms with van der Waals surface area (Å²) in [7, 11) is -0.979. The average molecular weight is 322 g/mol. The third-order valence-electron chi connectivity index (χ3n) is 3.03. The largest absolute Gasteiger partial charge is 0.433 e. The molecular formula is C11H13F3N4O2S. The van der Waals surface area contributed by atoms with Crippen LogP contribution in [0.4, 0.5) is 19.0 Å². The Morgan fingerprint density at radius 3 is 2.52 bits per heavy atom. The summed E-state index contributed by atoms with van der Waals surface area (Å²) >= 11 is 0. The zero-order valence-electron chi connectivity index (χ0n) is 10.8. The molecule has 0 aliphatic carbocycles. The minimum Gasteiger partial charge on any atom is -0.409 e. The molecule has 1 aliphatic heterocycles. The number of nitrogens with zero attached hydrogens (tertiary/aromatic N) is 3. The van der Waals surface area contributed by atoms with Gasteiger partial charge in [-0.1, -0.05) is 5.16 Å². The standard InChI is InChI=1S/C11H13F3N4O2S/c12-11(13,14)8-2-1-7(9(15)17-19)10(16-8)18-3-5-21(20)6-4-18/h1-2,19H,3-6H2,(H2,15,17). The van der Waals surface area contributed by atoms with E-state index in [1.54, 1.807) is 4.90 Å². The molecular weight excluding hydrogens is 309 g/mol. The Balaban J connectivity index is 2.46. The number of hydrogen-bond acceptors (Lipinski definition) is 5. The lowest BCUT2D eigenvalue weighted by atomic mass is 10.2. The van der Waals surface area contributed by atoms with Crippen LogP contribution < -0.4 is 10.6 Å². The van der Waals surface area contributed by atoms with E-state index in [-0.39, 0.29) is 17.2 Å². The third-order valence-corrected chi connectivity index (χ3v) is 4.30. The van der Waals surface area contributed by atoms with E-state index in [9.17, 15) is 17.4 Å². The normalized spacial score (nSPS) is 18.0. The summed E-state index contributed by atoms with van der Waals surface area (Å²) < 4.78 is 49.7. The van der Waals surface area contributed by atoms with E-state index in [1.807, 2.05) is 0 Å². The number of nitrogens with two attached hydrogens (primary N) is 1. The smallest absolute Gasteiger partial charge is 0.409 e. The molecule has 10 heteroatoms. The van der Waals surface area contributed by atoms with Gasteiger partial charge < -0.3 is 15.8 Å². The van der Waals surface area contributed by atoms with Crippen molar-refractivity contribution in [1.82, 2.24) is 4.98 Å². The summed E-state index contributed by atoms with van der Waals surface area (Å²) in [5.41, 5.74) is 4.53. The van der Waals surface area contributed by atoms with Gasteiger partial charge in [0.1, 0.15) is 11.5 Å². The predicted molar refractivity (Wildman–Crippen MR) is 71.8 cm³/mol. The summed E-state index contributed by atoms with van der Waals surface area (Å²) in [4.78, 5) is 5.15. The van der Waals surface area contributed by atoms with Crippen molar-refractivity contribution >= 4 is 22.5 Å². The number of pyridine rings is 1. The first-order chi connectivity index (χ1) is 9.82. The number of alkyl halides is 3. The van der Waals surface area contributed by atoms with Gasteiger partial charge in [0.05, 0.1) is 5.56 Å². The van der Waals surface area contributed by atoms with Crippen LogP contribution in [0.25, 0.3) is 0 Å². The molecule has 1 aliphatic rings. The molecule has 1 aromatic heterocycles. The number of anilines is 1. The Morgan fingerprint density at radius 2 is 2.00 bits per heavy atom. The van der Waals surface area contributed by atoms with Crippen molar-refractivity contribution < 1.29 is 22.6 Å². The lowest BCUT2D eigenvalue weighted by molar-refractivity contribution is -0.141. The Morgan fingerprint density at radius 1 is 1.38 bits per heavy atom. The molecule has 2 rings (SSSR count). The molecule has 3 N–H and O–H groups in total. The Hall–Kier alpha value is -1.84. The van der Waals surface area contributed by atoms with Crippen molar-refractivity contribution in [2.75, 3.05) is 29.5 Å². The van der Waals surface area contributed by atoms with E-state index in [4.69, 9.17) is 10.9 Å². The highest BCUT2D eigenvalue weighted by Crippen LogP contribution is 2.30. The minimum absolute atomic E-state index is 0.0168. The maximum absolute atomic E-state index is 12.8. The number of amidine groups is 1. The first-order valence-corrected chi connectivity index (χ1v) is 7.48. The molecule has 0 saturated carbocycles. The fourth-order valence-electron chi connectivity index (χ4n) is 1.95. The van der Waals surface area contributed by atoms with Crippen LogP contribution >= 0.6 is 0 Å². The molecule has 0 atom stereocenters. The highest BCUT2D eigenvalue weighted by atomic mass is 32.2. The van der Waals surface area contributed by atoms with Crippen LogP contribution in [0.5, 0.6) is 0 Å². The topological polar surface area (TPSA) is 91.8 Å². The first kappa shape index (κ1) is 15.5. The Kier molecular flexibility index (Phi) is 4.35. The summed E-state index contributed by atoms with van der Waals surface area (Å²) in [5, 5.41) is 11.5. The monoisotopic (exact) mass is 322 g/mol. The summed E-state index contributed by atoms with van der Waals surface area (Å²) in [6, 6.07) is 1.89. The van der Waals surface area contributed by atoms with Crippen molar-refractivity contribution in [3.63, 3.8) is 0 Å². The lowest BCUT2D eigenvalue weighted by Gasteiger charge is -2.29. The second-order valence-corrected chi connectivity index (χ2v) is 6.08. The molecule has 6 nitrogen and oxygen atoms in total. The summed E-state index contributed by atoms with van der Waals surface area (Å²) in [5.74, 6) is 0.343. The van der Waals surface area contributed by atoms with Crippen molar-refractivity contribution in [2.24, 2.45) is 10.9 Å². The molecule has 116 valence electrons. The molecule has 0 radical (unpaired) electrons. The minimum atomic E-state index is -4.59. The zero-order valence-corrected chi connectivity index (χ0v) is 11.6. The number of rotatable bonds is 2. The van der Waals surface area contributed by atoms with Crippen molar-refractivity contribution in [1.29, 1.82) is 0 Å². The van der Waals surface area contributed by atoms with E-state index >= 15 is 0 Å². The number of hydrogen-bond donors (Lipinski definition) is 2. The summed E-state index contributed by atoms with van der Waals surface area (Å²) in [6.07, 6.45) is -4.59. The maximum atomic E-state index is 12.8. The second kappa shape index (κ2) is 5.88. The van der Waals surface area contributed by atoms with E-state index in [2.05, 4.69) is 10.1 Å². The van der Waals surface area contributed by atoms with Crippen LogP contribution in [-0.4, -0.2) is 44.8 Å². The van der Waals surface area contributed by atoms with E-state index in [0.29, 0.717) is 24.6 Å². The molecule has 2 heterocycles. The van der Waals surface area contributed by atoms with Crippen molar-refractivity contribution in [2.45, 2.75) is 6.18 Å². The first-order valence-electron chi connectivity index (χ1n) is 5.99. The number of oxime groups is 1. The van der Waals surface area contributed by atoms with E-state index in [1.165, 1.54) is 0 Å². The predicted octanol–water partition coefficient (Wildman–Crippen LogP) is 0.764. The van der Waals surface area contributed by atoms with Gasteiger partial charge in [0.15, 0.2) is 5.84 Å². The second-order valence-electron chi connectivity index (χ2n) is 4.39. The zero-order chi connectivity index (χ0) is 15.6. The van der Waals surface area contributed by atoms with Crippen molar-refractivity contribution in [3.8, 4) is 0 Å². The average Bonchev–Trinajstić information content (AvgIpc) is 2.45. The number of aromatic nitrogens is 1. The van der Waals surface area contributed by atoms with Gasteiger partial charge >= 0.3 is 6.18 Å². The van der Waals surface area contributed by atoms with Gasteiger partial charge in [0.2, 0.25) is 0 Å². The molecule has 21 heavy (non-hydrogen) atoms. The number of halogens is 3. The highest BCUT2D eigenvalue weighted by molar-refractivity contribution is 7.85. The third kappa shape index (κ3) is 3.43. The lowest BCUT2D eigenvalue weighted by Crippen LogP contribution is -2.39. The Labute approximate surface area is 120 Å². The van der Waals surface area contributed by atoms with Gasteiger partial charge in [-0.05, 0) is 12.1 Å². The van der Waals surface area contributed by atoms with Gasteiger partial charge in [-0.15, -0.1) is 0 Å². The van der Waals surface area contributed by atoms with E-state index in [0.717, 1.165) is 12.1 Å². The van der Waals surface area contributed by atoms with Crippen molar-refractivity contribution in [3.05, 3.63) is 23.4 Å². The van der Waals surface area contributed by atoms with Gasteiger partial charge in [-0.25, -0.2) is 4.98 Å². The van der Waals surface area contributed by atoms with Crippen LogP contribution in [0.2, 0.25) is 0 Å². The molecule has 1 fully saturated rings. The fraction of sp³-hybridized carbons (Fsp3) is 0.455. The van der Waals surface area contributed by atoms with Crippen LogP contribution in [0.15, 0.2) is 17.3 Å². The van der Waals surface area contributed by atoms with Crippen LogP contribution in [0, 0.1) is 0 Å². The molecule has 0 bridgehead atoms. The fourth-order valence-corrected chi connectivity index (χ4v) is 3.00. The van der Waals surface area contributed by atoms with E-state index < -0.39 is 22.7 Å². The van der Waals surface area contributed by atoms with Crippen LogP contribution in [0.3, 0.4) is 0 Å². The molecule has 0 aromatic carbocycles. The molecule has 0 unspecified atom stereocenters. The van der Waals surface area contributed by atoms with Crippen LogP contribution in [0.1, 0.15) is 11.3 Å². The van der Waals surface area contributed by atoms with Gasteiger partial charge in [-0.3, -0.25) is 4.21 Å². The summed E-state index contributed by atoms with van der Waals surface area (Å²) in [6.45, 7) is 0.596. The van der Waals surface area contributed by atoms with Gasteiger partial charge in [0.25, 0.3) is 0 Å². The molecule has 1 aromatic rings.